The lowest BCUT2D eigenvalue weighted by atomic mass is 9.94. The zero-order valence-corrected chi connectivity index (χ0v) is 22.7. The Balaban J connectivity index is 2.23. The Labute approximate surface area is 236 Å². The molecule has 0 aliphatic heterocycles. The largest absolute Gasteiger partial charge is 0.481 e. The summed E-state index contributed by atoms with van der Waals surface area (Å²) in [4.78, 5) is 85.4. The highest BCUT2D eigenvalue weighted by atomic mass is 16.4. The van der Waals surface area contributed by atoms with Crippen molar-refractivity contribution in [3.05, 3.63) is 65.7 Å². The number of benzene rings is 2. The van der Waals surface area contributed by atoms with E-state index in [1.54, 1.807) is 56.3 Å². The predicted octanol–water partition coefficient (Wildman–Crippen LogP) is 2.03. The monoisotopic (exact) mass is 567 g/mol. The average Bonchev–Trinajstić information content (AvgIpc) is 2.93. The first-order chi connectivity index (χ1) is 19.4. The van der Waals surface area contributed by atoms with Crippen LogP contribution in [-0.2, 0) is 28.8 Å². The van der Waals surface area contributed by atoms with Crippen LogP contribution in [0.4, 0.5) is 5.69 Å². The molecule has 0 heterocycles. The number of hydrogen-bond acceptors (Lipinski definition) is 7. The van der Waals surface area contributed by atoms with Crippen LogP contribution >= 0.6 is 0 Å². The average molecular weight is 568 g/mol. The van der Waals surface area contributed by atoms with E-state index in [-0.39, 0.29) is 36.5 Å². The first kappa shape index (κ1) is 32.3. The van der Waals surface area contributed by atoms with Crippen molar-refractivity contribution in [1.82, 2.24) is 10.6 Å². The molecule has 41 heavy (non-hydrogen) atoms. The molecule has 3 unspecified atom stereocenters. The van der Waals surface area contributed by atoms with E-state index in [4.69, 9.17) is 10.2 Å². The zero-order chi connectivity index (χ0) is 30.5. The van der Waals surface area contributed by atoms with Crippen LogP contribution in [0.2, 0.25) is 0 Å². The van der Waals surface area contributed by atoms with Gasteiger partial charge in [-0.25, -0.2) is 0 Å². The van der Waals surface area contributed by atoms with Crippen molar-refractivity contribution < 1.29 is 43.8 Å². The second-order valence-electron chi connectivity index (χ2n) is 9.79. The molecule has 0 aliphatic carbocycles. The van der Waals surface area contributed by atoms with Gasteiger partial charge < -0.3 is 31.0 Å². The summed E-state index contributed by atoms with van der Waals surface area (Å²) in [6.45, 7) is 3.47. The van der Waals surface area contributed by atoms with Gasteiger partial charge in [0.2, 0.25) is 17.7 Å². The van der Waals surface area contributed by atoms with Gasteiger partial charge in [-0.15, -0.1) is 0 Å². The number of anilines is 1. The fourth-order valence-corrected chi connectivity index (χ4v) is 3.94. The molecule has 3 amide bonds. The van der Waals surface area contributed by atoms with Crippen LogP contribution in [0.5, 0.6) is 0 Å². The van der Waals surface area contributed by atoms with E-state index in [1.807, 2.05) is 0 Å². The maximum Gasteiger partial charge on any atom is 0.305 e. The Morgan fingerprint density at radius 2 is 1.44 bits per heavy atom. The lowest BCUT2D eigenvalue weighted by molar-refractivity contribution is -0.141. The standard InChI is InChI=1S/C29H33N3O9/c1-17(2)13-22(27(39)31-21(16-33)15-25(36)37)28(40)32-23(11-12-24(34)35)29(41)30-20-10-6-9-19(14-20)26(38)18-7-4-3-5-8-18/h3-10,14,16-17,21-23H,11-13,15H2,1-2H3,(H,30,41)(H,31,39)(H,32,40)(H,34,35)(H,36,37). The van der Waals surface area contributed by atoms with Crippen molar-refractivity contribution in [2.45, 2.75) is 51.6 Å². The number of aldehydes is 1. The highest BCUT2D eigenvalue weighted by Crippen LogP contribution is 2.17. The Morgan fingerprint density at radius 3 is 2.02 bits per heavy atom. The lowest BCUT2D eigenvalue weighted by Gasteiger charge is -2.24. The molecule has 2 aromatic rings. The second kappa shape index (κ2) is 15.7. The van der Waals surface area contributed by atoms with Crippen LogP contribution in [0.25, 0.3) is 0 Å². The minimum atomic E-state index is -1.39. The number of ketones is 1. The summed E-state index contributed by atoms with van der Waals surface area (Å²) >= 11 is 0. The highest BCUT2D eigenvalue weighted by molar-refractivity contribution is 6.10. The molecule has 0 saturated carbocycles. The molecular formula is C29H33N3O9. The lowest BCUT2D eigenvalue weighted by Crippen LogP contribution is -2.51. The molecule has 218 valence electrons. The Morgan fingerprint density at radius 1 is 0.805 bits per heavy atom. The normalized spacial score (nSPS) is 12.9. The van der Waals surface area contributed by atoms with Crippen molar-refractivity contribution in [3.63, 3.8) is 0 Å². The zero-order valence-electron chi connectivity index (χ0n) is 22.7. The van der Waals surface area contributed by atoms with Gasteiger partial charge in [0.15, 0.2) is 5.78 Å². The van der Waals surface area contributed by atoms with Gasteiger partial charge >= 0.3 is 11.9 Å². The molecule has 0 bridgehead atoms. The summed E-state index contributed by atoms with van der Waals surface area (Å²) in [5.74, 6) is -6.96. The van der Waals surface area contributed by atoms with Crippen LogP contribution in [0.15, 0.2) is 54.6 Å². The number of amides is 3. The molecule has 2 rings (SSSR count). The van der Waals surface area contributed by atoms with Crippen molar-refractivity contribution in [1.29, 1.82) is 0 Å². The quantitative estimate of drug-likeness (QED) is 0.114. The van der Waals surface area contributed by atoms with Crippen molar-refractivity contribution in [3.8, 4) is 0 Å². The second-order valence-corrected chi connectivity index (χ2v) is 9.79. The fraction of sp³-hybridized carbons (Fsp3) is 0.345. The van der Waals surface area contributed by atoms with E-state index in [0.29, 0.717) is 11.1 Å². The maximum atomic E-state index is 13.2. The first-order valence-electron chi connectivity index (χ1n) is 12.9. The number of carbonyl (C=O) groups excluding carboxylic acids is 5. The molecule has 12 nitrogen and oxygen atoms in total. The number of nitrogens with one attached hydrogen (secondary N) is 3. The molecule has 5 N–H and O–H groups in total. The summed E-state index contributed by atoms with van der Waals surface area (Å²) in [5, 5.41) is 25.3. The van der Waals surface area contributed by atoms with Crippen molar-refractivity contribution >= 4 is 47.4 Å². The molecule has 0 saturated heterocycles. The Kier molecular flexibility index (Phi) is 12.3. The van der Waals surface area contributed by atoms with Gasteiger partial charge in [0.05, 0.1) is 12.5 Å². The van der Waals surface area contributed by atoms with Crippen LogP contribution in [0, 0.1) is 11.8 Å². The third-order valence-corrected chi connectivity index (χ3v) is 5.93. The molecule has 0 aromatic heterocycles. The smallest absolute Gasteiger partial charge is 0.305 e. The first-order valence-corrected chi connectivity index (χ1v) is 12.9. The SMILES string of the molecule is CC(C)CC(C(=O)NC(C=O)CC(=O)O)C(=O)NC(CCC(=O)O)C(=O)Nc1cccc(C(=O)c2ccccc2)c1. The van der Waals surface area contributed by atoms with Gasteiger partial charge in [-0.3, -0.25) is 28.8 Å². The number of aliphatic carboxylic acids is 2. The molecule has 2 aromatic carbocycles. The number of carboxylic acid groups (broad SMARTS) is 2. The van der Waals surface area contributed by atoms with Gasteiger partial charge in [0, 0.05) is 23.2 Å². The van der Waals surface area contributed by atoms with Crippen LogP contribution in [0.1, 0.15) is 55.5 Å². The third-order valence-electron chi connectivity index (χ3n) is 5.93. The number of carbonyl (C=O) groups is 7. The van der Waals surface area contributed by atoms with E-state index < -0.39 is 60.5 Å². The van der Waals surface area contributed by atoms with Crippen molar-refractivity contribution in [2.75, 3.05) is 5.32 Å². The Hall–Kier alpha value is -4.87. The molecule has 0 aliphatic rings. The molecule has 0 fully saturated rings. The number of hydrogen-bond donors (Lipinski definition) is 5. The topological polar surface area (TPSA) is 196 Å². The van der Waals surface area contributed by atoms with Gasteiger partial charge in [0.1, 0.15) is 18.2 Å². The maximum absolute atomic E-state index is 13.2. The number of rotatable bonds is 16. The summed E-state index contributed by atoms with van der Waals surface area (Å²) in [6.07, 6.45) is -1.20. The molecule has 12 heteroatoms. The van der Waals surface area contributed by atoms with Gasteiger partial charge in [0.25, 0.3) is 0 Å². The molecule has 3 atom stereocenters. The molecule has 0 spiro atoms. The summed E-state index contributed by atoms with van der Waals surface area (Å²) in [5.41, 5.74) is 0.961. The fourth-order valence-electron chi connectivity index (χ4n) is 3.94. The minimum Gasteiger partial charge on any atom is -0.481 e. The Bertz CT molecular complexity index is 1280. The summed E-state index contributed by atoms with van der Waals surface area (Å²) in [7, 11) is 0. The minimum absolute atomic E-state index is 0.00717. The van der Waals surface area contributed by atoms with Gasteiger partial charge in [-0.05, 0) is 30.9 Å². The van der Waals surface area contributed by atoms with Crippen molar-refractivity contribution in [2.24, 2.45) is 11.8 Å². The molecule has 0 radical (unpaired) electrons. The van der Waals surface area contributed by atoms with Gasteiger partial charge in [-0.1, -0.05) is 56.3 Å². The van der Waals surface area contributed by atoms with E-state index in [0.717, 1.165) is 0 Å². The summed E-state index contributed by atoms with van der Waals surface area (Å²) < 4.78 is 0. The third kappa shape index (κ3) is 10.7. The molecular weight excluding hydrogens is 534 g/mol. The number of carboxylic acids is 2. The van der Waals surface area contributed by atoms with E-state index in [9.17, 15) is 33.6 Å². The van der Waals surface area contributed by atoms with Crippen LogP contribution in [-0.4, -0.2) is 64.0 Å². The van der Waals surface area contributed by atoms with E-state index in [1.165, 1.54) is 12.1 Å². The van der Waals surface area contributed by atoms with E-state index in [2.05, 4.69) is 16.0 Å². The van der Waals surface area contributed by atoms with E-state index >= 15 is 0 Å². The van der Waals surface area contributed by atoms with Gasteiger partial charge in [-0.2, -0.15) is 0 Å². The highest BCUT2D eigenvalue weighted by Gasteiger charge is 2.32. The van der Waals surface area contributed by atoms with Crippen LogP contribution in [0.3, 0.4) is 0 Å². The summed E-state index contributed by atoms with van der Waals surface area (Å²) in [6, 6.07) is 11.9. The van der Waals surface area contributed by atoms with Crippen LogP contribution < -0.4 is 16.0 Å². The predicted molar refractivity (Wildman–Crippen MR) is 147 cm³/mol.